The predicted octanol–water partition coefficient (Wildman–Crippen LogP) is 1.94. The highest BCUT2D eigenvalue weighted by Crippen LogP contribution is 2.59. The summed E-state index contributed by atoms with van der Waals surface area (Å²) in [6, 6.07) is 0. The highest BCUT2D eigenvalue weighted by molar-refractivity contribution is 5.88. The van der Waals surface area contributed by atoms with Crippen molar-refractivity contribution < 1.29 is 19.1 Å². The molecule has 2 atom stereocenters. The molecule has 0 heterocycles. The largest absolute Gasteiger partial charge is 0.469 e. The van der Waals surface area contributed by atoms with E-state index in [4.69, 9.17) is 9.47 Å². The fraction of sp³-hybridized carbons (Fsp3) is 0.692. The van der Waals surface area contributed by atoms with Gasteiger partial charge in [-0.05, 0) is 25.2 Å². The molecule has 0 amide bonds. The van der Waals surface area contributed by atoms with E-state index in [1.54, 1.807) is 13.8 Å². The molecular formula is C13H20O4. The molecule has 1 aliphatic carbocycles. The molecule has 1 saturated carbocycles. The van der Waals surface area contributed by atoms with E-state index in [9.17, 15) is 9.59 Å². The van der Waals surface area contributed by atoms with Gasteiger partial charge in [-0.3, -0.25) is 4.79 Å². The molecule has 2 unspecified atom stereocenters. The molecule has 0 spiro atoms. The summed E-state index contributed by atoms with van der Waals surface area (Å²) in [5.74, 6) is -0.636. The summed E-state index contributed by atoms with van der Waals surface area (Å²) in [7, 11) is 1.38. The fourth-order valence-corrected chi connectivity index (χ4v) is 2.15. The lowest BCUT2D eigenvalue weighted by Crippen LogP contribution is -2.07. The Morgan fingerprint density at radius 3 is 2.41 bits per heavy atom. The Bertz CT molecular complexity index is 354. The van der Waals surface area contributed by atoms with Crippen LogP contribution in [0.3, 0.4) is 0 Å². The lowest BCUT2D eigenvalue weighted by atomic mass is 10.1. The molecule has 4 heteroatoms. The van der Waals surface area contributed by atoms with E-state index in [1.807, 2.05) is 19.9 Å². The predicted molar refractivity (Wildman–Crippen MR) is 63.2 cm³/mol. The third-order valence-electron chi connectivity index (χ3n) is 3.39. The number of ether oxygens (including phenoxy) is 2. The molecule has 1 rings (SSSR count). The molecule has 0 aromatic heterocycles. The summed E-state index contributed by atoms with van der Waals surface area (Å²) in [6.07, 6.45) is 1.82. The molecule has 4 nitrogen and oxygen atoms in total. The van der Waals surface area contributed by atoms with Crippen LogP contribution in [0.1, 0.15) is 27.7 Å². The van der Waals surface area contributed by atoms with Gasteiger partial charge in [0.15, 0.2) is 0 Å². The average Bonchev–Trinajstić information content (AvgIpc) is 2.79. The number of carbonyl (C=O) groups excluding carboxylic acids is 2. The Balaban J connectivity index is 2.73. The minimum Gasteiger partial charge on any atom is -0.469 e. The van der Waals surface area contributed by atoms with E-state index < -0.39 is 0 Å². The van der Waals surface area contributed by atoms with Crippen LogP contribution < -0.4 is 0 Å². The first-order chi connectivity index (χ1) is 7.86. The van der Waals surface area contributed by atoms with Crippen molar-refractivity contribution in [3.05, 3.63) is 11.6 Å². The van der Waals surface area contributed by atoms with Crippen LogP contribution in [0.4, 0.5) is 0 Å². The summed E-state index contributed by atoms with van der Waals surface area (Å²) in [4.78, 5) is 23.0. The standard InChI is InChI=1S/C13H20O4/c1-6-17-11(14)8(2)7-9-10(12(15)16-5)13(9,3)4/h7,9-10H,6H2,1-5H3. The summed E-state index contributed by atoms with van der Waals surface area (Å²) < 4.78 is 9.64. The van der Waals surface area contributed by atoms with Crippen molar-refractivity contribution in [2.45, 2.75) is 27.7 Å². The van der Waals surface area contributed by atoms with Crippen molar-refractivity contribution in [2.24, 2.45) is 17.3 Å². The molecule has 0 aliphatic heterocycles. The number of allylic oxidation sites excluding steroid dienone is 1. The highest BCUT2D eigenvalue weighted by atomic mass is 16.5. The molecule has 0 N–H and O–H groups in total. The first-order valence-electron chi connectivity index (χ1n) is 5.79. The van der Waals surface area contributed by atoms with Gasteiger partial charge in [0.25, 0.3) is 0 Å². The van der Waals surface area contributed by atoms with Crippen LogP contribution in [0, 0.1) is 17.3 Å². The molecule has 0 aromatic carbocycles. The number of rotatable bonds is 4. The Kier molecular flexibility index (Phi) is 3.96. The van der Waals surface area contributed by atoms with Crippen LogP contribution >= 0.6 is 0 Å². The Morgan fingerprint density at radius 1 is 1.35 bits per heavy atom. The van der Waals surface area contributed by atoms with E-state index in [0.29, 0.717) is 12.2 Å². The molecule has 1 fully saturated rings. The maximum Gasteiger partial charge on any atom is 0.333 e. The van der Waals surface area contributed by atoms with Crippen LogP contribution in [-0.2, 0) is 19.1 Å². The van der Waals surface area contributed by atoms with E-state index in [2.05, 4.69) is 0 Å². The molecule has 0 radical (unpaired) electrons. The van der Waals surface area contributed by atoms with E-state index in [1.165, 1.54) is 7.11 Å². The zero-order chi connectivity index (χ0) is 13.2. The smallest absolute Gasteiger partial charge is 0.333 e. The molecule has 0 saturated heterocycles. The molecule has 1 aliphatic rings. The molecule has 17 heavy (non-hydrogen) atoms. The summed E-state index contributed by atoms with van der Waals surface area (Å²) >= 11 is 0. The quantitative estimate of drug-likeness (QED) is 0.556. The van der Waals surface area contributed by atoms with Gasteiger partial charge in [0.2, 0.25) is 0 Å². The van der Waals surface area contributed by atoms with Gasteiger partial charge in [0.1, 0.15) is 0 Å². The minimum atomic E-state index is -0.321. The van der Waals surface area contributed by atoms with Gasteiger partial charge in [0, 0.05) is 5.57 Å². The minimum absolute atomic E-state index is 0.0550. The van der Waals surface area contributed by atoms with Crippen LogP contribution in [-0.4, -0.2) is 25.7 Å². The van der Waals surface area contributed by atoms with Crippen molar-refractivity contribution in [3.8, 4) is 0 Å². The number of esters is 2. The first-order valence-corrected chi connectivity index (χ1v) is 5.79. The normalized spacial score (nSPS) is 26.3. The molecule has 96 valence electrons. The second-order valence-electron chi connectivity index (χ2n) is 4.92. The van der Waals surface area contributed by atoms with Crippen molar-refractivity contribution in [2.75, 3.05) is 13.7 Å². The van der Waals surface area contributed by atoms with Gasteiger partial charge in [0.05, 0.1) is 19.6 Å². The second-order valence-corrected chi connectivity index (χ2v) is 4.92. The van der Waals surface area contributed by atoms with Crippen LogP contribution in [0.15, 0.2) is 11.6 Å². The lowest BCUT2D eigenvalue weighted by Gasteiger charge is -2.02. The Labute approximate surface area is 102 Å². The third kappa shape index (κ3) is 2.68. The van der Waals surface area contributed by atoms with Crippen molar-refractivity contribution in [3.63, 3.8) is 0 Å². The molecule has 0 bridgehead atoms. The summed E-state index contributed by atoms with van der Waals surface area (Å²) in [5.41, 5.74) is 0.414. The number of hydrogen-bond acceptors (Lipinski definition) is 4. The topological polar surface area (TPSA) is 52.6 Å². The summed E-state index contributed by atoms with van der Waals surface area (Å²) in [5, 5.41) is 0. The summed E-state index contributed by atoms with van der Waals surface area (Å²) in [6.45, 7) is 7.82. The van der Waals surface area contributed by atoms with Crippen molar-refractivity contribution in [1.29, 1.82) is 0 Å². The van der Waals surface area contributed by atoms with E-state index in [0.717, 1.165) is 0 Å². The SMILES string of the molecule is CCOC(=O)C(C)=CC1C(C(=O)OC)C1(C)C. The van der Waals surface area contributed by atoms with Gasteiger partial charge in [-0.15, -0.1) is 0 Å². The van der Waals surface area contributed by atoms with Crippen LogP contribution in [0.2, 0.25) is 0 Å². The zero-order valence-corrected chi connectivity index (χ0v) is 11.1. The Morgan fingerprint density at radius 2 is 1.94 bits per heavy atom. The van der Waals surface area contributed by atoms with Gasteiger partial charge < -0.3 is 9.47 Å². The molecular weight excluding hydrogens is 220 g/mol. The van der Waals surface area contributed by atoms with Gasteiger partial charge in [-0.25, -0.2) is 4.79 Å². The monoisotopic (exact) mass is 240 g/mol. The van der Waals surface area contributed by atoms with E-state index >= 15 is 0 Å². The lowest BCUT2D eigenvalue weighted by molar-refractivity contribution is -0.143. The Hall–Kier alpha value is -1.32. The van der Waals surface area contributed by atoms with Gasteiger partial charge in [-0.2, -0.15) is 0 Å². The van der Waals surface area contributed by atoms with Crippen molar-refractivity contribution >= 4 is 11.9 Å². The fourth-order valence-electron chi connectivity index (χ4n) is 2.15. The third-order valence-corrected chi connectivity index (χ3v) is 3.39. The second kappa shape index (κ2) is 4.90. The maximum absolute atomic E-state index is 11.5. The van der Waals surface area contributed by atoms with Crippen molar-refractivity contribution in [1.82, 2.24) is 0 Å². The van der Waals surface area contributed by atoms with Gasteiger partial charge in [-0.1, -0.05) is 19.9 Å². The number of carbonyl (C=O) groups is 2. The average molecular weight is 240 g/mol. The first kappa shape index (κ1) is 13.7. The van der Waals surface area contributed by atoms with Crippen LogP contribution in [0.5, 0.6) is 0 Å². The van der Waals surface area contributed by atoms with Crippen LogP contribution in [0.25, 0.3) is 0 Å². The van der Waals surface area contributed by atoms with Gasteiger partial charge >= 0.3 is 11.9 Å². The van der Waals surface area contributed by atoms with E-state index in [-0.39, 0.29) is 29.2 Å². The zero-order valence-electron chi connectivity index (χ0n) is 11.1. The number of methoxy groups -OCH3 is 1. The number of hydrogen-bond donors (Lipinski definition) is 0. The highest BCUT2D eigenvalue weighted by Gasteiger charge is 2.61. The molecule has 0 aromatic rings. The maximum atomic E-state index is 11.5.